The van der Waals surface area contributed by atoms with E-state index in [2.05, 4.69) is 0 Å². The van der Waals surface area contributed by atoms with E-state index in [4.69, 9.17) is 0 Å². The monoisotopic (exact) mass is 219 g/mol. The zero-order valence-corrected chi connectivity index (χ0v) is 9.03. The Morgan fingerprint density at radius 1 is 1.25 bits per heavy atom. The molecule has 0 saturated carbocycles. The summed E-state index contributed by atoms with van der Waals surface area (Å²) >= 11 is 0. The van der Waals surface area contributed by atoms with Gasteiger partial charge >= 0.3 is 0 Å². The van der Waals surface area contributed by atoms with Gasteiger partial charge in [-0.3, -0.25) is 4.79 Å². The number of fused-ring (bicyclic) bond motifs is 1. The van der Waals surface area contributed by atoms with Crippen molar-refractivity contribution >= 4 is 5.91 Å². The molecular formula is C13H14FNO. The van der Waals surface area contributed by atoms with Gasteiger partial charge < -0.3 is 4.90 Å². The quantitative estimate of drug-likeness (QED) is 0.709. The fraction of sp³-hybridized carbons (Fsp3) is 0.462. The van der Waals surface area contributed by atoms with Crippen LogP contribution in [0.25, 0.3) is 0 Å². The van der Waals surface area contributed by atoms with E-state index in [1.54, 1.807) is 0 Å². The summed E-state index contributed by atoms with van der Waals surface area (Å²) in [6, 6.07) is 6.96. The average Bonchev–Trinajstić information content (AvgIpc) is 2.84. The van der Waals surface area contributed by atoms with Gasteiger partial charge in [0.2, 0.25) is 5.91 Å². The summed E-state index contributed by atoms with van der Waals surface area (Å²) in [6.07, 6.45) is 2.79. The number of rotatable bonds is 1. The Kier molecular flexibility index (Phi) is 2.20. The molecule has 16 heavy (non-hydrogen) atoms. The first-order valence-electron chi connectivity index (χ1n) is 5.80. The molecule has 0 N–H and O–H groups in total. The van der Waals surface area contributed by atoms with Crippen molar-refractivity contribution in [1.82, 2.24) is 4.90 Å². The number of hydrogen-bond acceptors (Lipinski definition) is 1. The van der Waals surface area contributed by atoms with Crippen molar-refractivity contribution in [3.8, 4) is 0 Å². The molecule has 2 fully saturated rings. The van der Waals surface area contributed by atoms with Gasteiger partial charge in [0, 0.05) is 24.9 Å². The number of carbonyl (C=O) groups is 1. The van der Waals surface area contributed by atoms with E-state index >= 15 is 0 Å². The largest absolute Gasteiger partial charge is 0.339 e. The molecule has 0 aromatic heterocycles. The van der Waals surface area contributed by atoms with Gasteiger partial charge in [-0.15, -0.1) is 0 Å². The maximum Gasteiger partial charge on any atom is 0.223 e. The number of carbonyl (C=O) groups excluding carboxylic acids is 1. The Balaban J connectivity index is 1.90. The molecule has 84 valence electrons. The Morgan fingerprint density at radius 2 is 2.00 bits per heavy atom. The highest BCUT2D eigenvalue weighted by Crippen LogP contribution is 2.39. The number of hydrogen-bond donors (Lipinski definition) is 0. The highest BCUT2D eigenvalue weighted by atomic mass is 19.1. The van der Waals surface area contributed by atoms with E-state index in [0.717, 1.165) is 24.9 Å². The van der Waals surface area contributed by atoms with Crippen molar-refractivity contribution in [2.45, 2.75) is 31.2 Å². The highest BCUT2D eigenvalue weighted by molar-refractivity contribution is 5.81. The van der Waals surface area contributed by atoms with E-state index < -0.39 is 0 Å². The van der Waals surface area contributed by atoms with Crippen LogP contribution in [0.3, 0.4) is 0 Å². The second kappa shape index (κ2) is 3.58. The molecule has 1 aromatic carbocycles. The lowest BCUT2D eigenvalue weighted by Gasteiger charge is -2.20. The molecule has 0 radical (unpaired) electrons. The van der Waals surface area contributed by atoms with Crippen molar-refractivity contribution in [2.24, 2.45) is 0 Å². The summed E-state index contributed by atoms with van der Waals surface area (Å²) in [5, 5.41) is 0. The zero-order chi connectivity index (χ0) is 11.1. The van der Waals surface area contributed by atoms with Crippen LogP contribution < -0.4 is 0 Å². The standard InChI is InChI=1S/C13H14FNO/c14-10-5-3-9(4-6-10)11-8-13(16)15-7-1-2-12(11)15/h3-6,11-12H,1-2,7-8H2. The molecule has 3 heteroatoms. The lowest BCUT2D eigenvalue weighted by molar-refractivity contribution is -0.127. The molecule has 2 saturated heterocycles. The van der Waals surface area contributed by atoms with Crippen LogP contribution in [0.2, 0.25) is 0 Å². The smallest absolute Gasteiger partial charge is 0.223 e. The first-order chi connectivity index (χ1) is 7.75. The average molecular weight is 219 g/mol. The van der Waals surface area contributed by atoms with E-state index in [0.29, 0.717) is 12.5 Å². The minimum atomic E-state index is -0.212. The Hall–Kier alpha value is -1.38. The molecule has 2 heterocycles. The maximum atomic E-state index is 12.8. The lowest BCUT2D eigenvalue weighted by Crippen LogP contribution is -2.28. The van der Waals surface area contributed by atoms with Crippen LogP contribution in [0.15, 0.2) is 24.3 Å². The van der Waals surface area contributed by atoms with Crippen LogP contribution >= 0.6 is 0 Å². The second-order valence-corrected chi connectivity index (χ2v) is 4.66. The van der Waals surface area contributed by atoms with Gasteiger partial charge in [0.15, 0.2) is 0 Å². The lowest BCUT2D eigenvalue weighted by atomic mass is 9.90. The van der Waals surface area contributed by atoms with Gasteiger partial charge in [0.25, 0.3) is 0 Å². The molecule has 2 atom stereocenters. The molecule has 0 bridgehead atoms. The van der Waals surface area contributed by atoms with Crippen LogP contribution in [0.1, 0.15) is 30.7 Å². The normalized spacial score (nSPS) is 28.6. The molecule has 0 aliphatic carbocycles. The van der Waals surface area contributed by atoms with Gasteiger partial charge in [0.1, 0.15) is 5.82 Å². The van der Waals surface area contributed by atoms with E-state index in [9.17, 15) is 9.18 Å². The van der Waals surface area contributed by atoms with Crippen molar-refractivity contribution in [3.05, 3.63) is 35.6 Å². The van der Waals surface area contributed by atoms with Gasteiger partial charge in [-0.2, -0.15) is 0 Å². The van der Waals surface area contributed by atoms with Crippen molar-refractivity contribution in [1.29, 1.82) is 0 Å². The van der Waals surface area contributed by atoms with Gasteiger partial charge in [-0.05, 0) is 30.5 Å². The minimum Gasteiger partial charge on any atom is -0.339 e. The summed E-state index contributed by atoms with van der Waals surface area (Å²) in [7, 11) is 0. The number of halogens is 1. The molecule has 2 unspecified atom stereocenters. The fourth-order valence-corrected chi connectivity index (χ4v) is 3.01. The Bertz CT molecular complexity index is 414. The third-order valence-electron chi connectivity index (χ3n) is 3.78. The van der Waals surface area contributed by atoms with E-state index in [1.165, 1.54) is 12.1 Å². The van der Waals surface area contributed by atoms with Gasteiger partial charge in [-0.1, -0.05) is 12.1 Å². The Morgan fingerprint density at radius 3 is 2.75 bits per heavy atom. The molecule has 0 spiro atoms. The van der Waals surface area contributed by atoms with Crippen LogP contribution in [0.4, 0.5) is 4.39 Å². The van der Waals surface area contributed by atoms with Crippen molar-refractivity contribution < 1.29 is 9.18 Å². The fourth-order valence-electron chi connectivity index (χ4n) is 3.01. The van der Waals surface area contributed by atoms with E-state index in [-0.39, 0.29) is 17.6 Å². The summed E-state index contributed by atoms with van der Waals surface area (Å²) in [4.78, 5) is 13.8. The molecular weight excluding hydrogens is 205 g/mol. The Labute approximate surface area is 94.1 Å². The maximum absolute atomic E-state index is 12.8. The van der Waals surface area contributed by atoms with Crippen LogP contribution in [0, 0.1) is 5.82 Å². The highest BCUT2D eigenvalue weighted by Gasteiger charge is 2.42. The van der Waals surface area contributed by atoms with Crippen molar-refractivity contribution in [2.75, 3.05) is 6.54 Å². The molecule has 1 amide bonds. The molecule has 2 aliphatic heterocycles. The van der Waals surface area contributed by atoms with Gasteiger partial charge in [-0.25, -0.2) is 4.39 Å². The van der Waals surface area contributed by atoms with Crippen LogP contribution in [-0.4, -0.2) is 23.4 Å². The zero-order valence-electron chi connectivity index (χ0n) is 9.03. The first-order valence-corrected chi connectivity index (χ1v) is 5.80. The predicted molar refractivity (Wildman–Crippen MR) is 58.5 cm³/mol. The number of nitrogens with zero attached hydrogens (tertiary/aromatic N) is 1. The topological polar surface area (TPSA) is 20.3 Å². The van der Waals surface area contributed by atoms with Crippen LogP contribution in [-0.2, 0) is 4.79 Å². The molecule has 3 rings (SSSR count). The summed E-state index contributed by atoms with van der Waals surface area (Å²) in [5.74, 6) is 0.323. The van der Waals surface area contributed by atoms with Crippen molar-refractivity contribution in [3.63, 3.8) is 0 Å². The number of amides is 1. The first kappa shape index (κ1) is 9.82. The molecule has 1 aromatic rings. The SMILES string of the molecule is O=C1CC(c2ccc(F)cc2)C2CCCN12. The molecule has 2 nitrogen and oxygen atoms in total. The minimum absolute atomic E-state index is 0.212. The molecule has 2 aliphatic rings. The third kappa shape index (κ3) is 1.42. The summed E-state index contributed by atoms with van der Waals surface area (Å²) in [5.41, 5.74) is 1.10. The predicted octanol–water partition coefficient (Wildman–Crippen LogP) is 2.30. The summed E-state index contributed by atoms with van der Waals surface area (Å²) < 4.78 is 12.8. The van der Waals surface area contributed by atoms with E-state index in [1.807, 2.05) is 17.0 Å². The van der Waals surface area contributed by atoms with Crippen LogP contribution in [0.5, 0.6) is 0 Å². The van der Waals surface area contributed by atoms with Gasteiger partial charge in [0.05, 0.1) is 0 Å². The summed E-state index contributed by atoms with van der Waals surface area (Å²) in [6.45, 7) is 0.904. The number of benzene rings is 1. The third-order valence-corrected chi connectivity index (χ3v) is 3.78. The second-order valence-electron chi connectivity index (χ2n) is 4.66.